The number of thiophene rings is 1. The van der Waals surface area contributed by atoms with Crippen LogP contribution in [-0.2, 0) is 11.2 Å². The van der Waals surface area contributed by atoms with Gasteiger partial charge in [-0.05, 0) is 47.4 Å². The van der Waals surface area contributed by atoms with E-state index >= 15 is 0 Å². The number of likely N-dealkylation sites (tertiary alicyclic amines) is 1. The molecule has 0 aromatic carbocycles. The maximum Gasteiger partial charge on any atom is 0.227 e. The van der Waals surface area contributed by atoms with Gasteiger partial charge in [-0.25, -0.2) is 0 Å². The lowest BCUT2D eigenvalue weighted by atomic mass is 10.1. The standard InChI is InChI=1S/C16H18N2O2S/c19-16(10-13-5-9-21-12-13)18-8-1-2-15(11-18)20-14-3-6-17-7-4-14/h3-7,9,12,15H,1-2,8,10-11H2. The normalized spacial score (nSPS) is 18.5. The fourth-order valence-corrected chi connectivity index (χ4v) is 3.22. The summed E-state index contributed by atoms with van der Waals surface area (Å²) in [5, 5.41) is 4.04. The minimum atomic E-state index is 0.0765. The largest absolute Gasteiger partial charge is 0.488 e. The van der Waals surface area contributed by atoms with Crippen molar-refractivity contribution in [2.24, 2.45) is 0 Å². The van der Waals surface area contributed by atoms with Crippen LogP contribution >= 0.6 is 11.3 Å². The van der Waals surface area contributed by atoms with Gasteiger partial charge in [-0.3, -0.25) is 9.78 Å². The lowest BCUT2D eigenvalue weighted by Gasteiger charge is -2.33. The monoisotopic (exact) mass is 302 g/mol. The molecule has 1 atom stereocenters. The smallest absolute Gasteiger partial charge is 0.227 e. The van der Waals surface area contributed by atoms with Crippen molar-refractivity contribution >= 4 is 17.2 Å². The van der Waals surface area contributed by atoms with Crippen LogP contribution in [0.15, 0.2) is 41.4 Å². The molecule has 0 N–H and O–H groups in total. The number of piperidine rings is 1. The Hall–Kier alpha value is -1.88. The van der Waals surface area contributed by atoms with Gasteiger partial charge in [-0.15, -0.1) is 0 Å². The van der Waals surface area contributed by atoms with E-state index in [4.69, 9.17) is 4.74 Å². The van der Waals surface area contributed by atoms with Gasteiger partial charge in [0.25, 0.3) is 0 Å². The Bertz CT molecular complexity index is 571. The van der Waals surface area contributed by atoms with E-state index in [1.54, 1.807) is 23.7 Å². The number of nitrogens with zero attached hydrogens (tertiary/aromatic N) is 2. The minimum Gasteiger partial charge on any atom is -0.488 e. The molecule has 1 saturated heterocycles. The summed E-state index contributed by atoms with van der Waals surface area (Å²) in [5.74, 6) is 1.01. The highest BCUT2D eigenvalue weighted by atomic mass is 32.1. The Morgan fingerprint density at radius 1 is 1.38 bits per heavy atom. The highest BCUT2D eigenvalue weighted by Gasteiger charge is 2.24. The molecular weight excluding hydrogens is 284 g/mol. The van der Waals surface area contributed by atoms with Crippen LogP contribution in [0.3, 0.4) is 0 Å². The van der Waals surface area contributed by atoms with Crippen molar-refractivity contribution in [1.82, 2.24) is 9.88 Å². The van der Waals surface area contributed by atoms with Crippen molar-refractivity contribution in [1.29, 1.82) is 0 Å². The average Bonchev–Trinajstić information content (AvgIpc) is 3.01. The molecular formula is C16H18N2O2S. The first-order chi connectivity index (χ1) is 10.3. The zero-order valence-corrected chi connectivity index (χ0v) is 12.6. The lowest BCUT2D eigenvalue weighted by molar-refractivity contribution is -0.133. The van der Waals surface area contributed by atoms with Crippen LogP contribution in [0.4, 0.5) is 0 Å². The average molecular weight is 302 g/mol. The van der Waals surface area contributed by atoms with Gasteiger partial charge in [-0.1, -0.05) is 0 Å². The first-order valence-corrected chi connectivity index (χ1v) is 8.11. The minimum absolute atomic E-state index is 0.0765. The molecule has 0 bridgehead atoms. The first-order valence-electron chi connectivity index (χ1n) is 7.17. The van der Waals surface area contributed by atoms with Crippen molar-refractivity contribution < 1.29 is 9.53 Å². The van der Waals surface area contributed by atoms with E-state index in [0.717, 1.165) is 30.7 Å². The number of hydrogen-bond acceptors (Lipinski definition) is 4. The summed E-state index contributed by atoms with van der Waals surface area (Å²) in [6, 6.07) is 5.72. The molecule has 1 aliphatic heterocycles. The van der Waals surface area contributed by atoms with Crippen molar-refractivity contribution in [3.8, 4) is 5.75 Å². The second-order valence-corrected chi connectivity index (χ2v) is 5.99. The van der Waals surface area contributed by atoms with Crippen LogP contribution in [0.5, 0.6) is 5.75 Å². The Balaban J connectivity index is 1.56. The third-order valence-electron chi connectivity index (χ3n) is 3.62. The molecule has 2 aromatic heterocycles. The van der Waals surface area contributed by atoms with Gasteiger partial charge in [0.05, 0.1) is 13.0 Å². The number of pyridine rings is 1. The molecule has 1 fully saturated rings. The molecule has 4 nitrogen and oxygen atoms in total. The van der Waals surface area contributed by atoms with Crippen LogP contribution in [0.2, 0.25) is 0 Å². The van der Waals surface area contributed by atoms with Crippen molar-refractivity contribution in [3.05, 3.63) is 46.9 Å². The molecule has 0 radical (unpaired) electrons. The zero-order chi connectivity index (χ0) is 14.5. The van der Waals surface area contributed by atoms with E-state index < -0.39 is 0 Å². The maximum absolute atomic E-state index is 12.3. The maximum atomic E-state index is 12.3. The Kier molecular flexibility index (Phi) is 4.50. The van der Waals surface area contributed by atoms with E-state index in [2.05, 4.69) is 4.98 Å². The quantitative estimate of drug-likeness (QED) is 0.872. The Morgan fingerprint density at radius 2 is 2.24 bits per heavy atom. The van der Waals surface area contributed by atoms with Crippen LogP contribution in [0.1, 0.15) is 18.4 Å². The van der Waals surface area contributed by atoms with Gasteiger partial charge in [0, 0.05) is 18.9 Å². The molecule has 1 unspecified atom stereocenters. The van der Waals surface area contributed by atoms with Crippen LogP contribution < -0.4 is 4.74 Å². The second kappa shape index (κ2) is 6.72. The lowest BCUT2D eigenvalue weighted by Crippen LogP contribution is -2.44. The molecule has 1 aliphatic rings. The van der Waals surface area contributed by atoms with E-state index in [1.807, 2.05) is 33.9 Å². The molecule has 0 saturated carbocycles. The predicted molar refractivity (Wildman–Crippen MR) is 82.5 cm³/mol. The number of carbonyl (C=O) groups excluding carboxylic acids is 1. The predicted octanol–water partition coefficient (Wildman–Crippen LogP) is 2.76. The van der Waals surface area contributed by atoms with Crippen molar-refractivity contribution in [2.75, 3.05) is 13.1 Å². The van der Waals surface area contributed by atoms with Crippen LogP contribution in [0.25, 0.3) is 0 Å². The molecule has 110 valence electrons. The van der Waals surface area contributed by atoms with E-state index in [-0.39, 0.29) is 12.0 Å². The highest BCUT2D eigenvalue weighted by Crippen LogP contribution is 2.18. The zero-order valence-electron chi connectivity index (χ0n) is 11.8. The summed E-state index contributed by atoms with van der Waals surface area (Å²) in [6.45, 7) is 1.50. The van der Waals surface area contributed by atoms with Gasteiger partial charge in [0.15, 0.2) is 0 Å². The van der Waals surface area contributed by atoms with Gasteiger partial charge in [-0.2, -0.15) is 11.3 Å². The van der Waals surface area contributed by atoms with Gasteiger partial charge < -0.3 is 9.64 Å². The van der Waals surface area contributed by atoms with E-state index in [0.29, 0.717) is 13.0 Å². The summed E-state index contributed by atoms with van der Waals surface area (Å²) < 4.78 is 5.94. The molecule has 5 heteroatoms. The Labute approximate surface area is 128 Å². The van der Waals surface area contributed by atoms with Gasteiger partial charge in [0.1, 0.15) is 11.9 Å². The number of carbonyl (C=O) groups is 1. The third-order valence-corrected chi connectivity index (χ3v) is 4.35. The fraction of sp³-hybridized carbons (Fsp3) is 0.375. The molecule has 0 aliphatic carbocycles. The fourth-order valence-electron chi connectivity index (χ4n) is 2.55. The summed E-state index contributed by atoms with van der Waals surface area (Å²) in [6.07, 6.45) is 5.99. The van der Waals surface area contributed by atoms with E-state index in [9.17, 15) is 4.79 Å². The summed E-state index contributed by atoms with van der Waals surface area (Å²) >= 11 is 1.63. The summed E-state index contributed by atoms with van der Waals surface area (Å²) in [5.41, 5.74) is 1.10. The number of aromatic nitrogens is 1. The first kappa shape index (κ1) is 14.1. The molecule has 1 amide bonds. The molecule has 0 spiro atoms. The highest BCUT2D eigenvalue weighted by molar-refractivity contribution is 7.07. The molecule has 2 aromatic rings. The summed E-state index contributed by atoms with van der Waals surface area (Å²) in [4.78, 5) is 18.2. The molecule has 21 heavy (non-hydrogen) atoms. The summed E-state index contributed by atoms with van der Waals surface area (Å²) in [7, 11) is 0. The van der Waals surface area contributed by atoms with Crippen LogP contribution in [-0.4, -0.2) is 35.0 Å². The van der Waals surface area contributed by atoms with Crippen molar-refractivity contribution in [2.45, 2.75) is 25.4 Å². The SMILES string of the molecule is O=C(Cc1ccsc1)N1CCCC(Oc2ccncc2)C1. The number of rotatable bonds is 4. The second-order valence-electron chi connectivity index (χ2n) is 5.21. The topological polar surface area (TPSA) is 42.4 Å². The van der Waals surface area contributed by atoms with E-state index in [1.165, 1.54) is 0 Å². The molecule has 3 rings (SSSR count). The Morgan fingerprint density at radius 3 is 3.00 bits per heavy atom. The molecule has 3 heterocycles. The van der Waals surface area contributed by atoms with Crippen molar-refractivity contribution in [3.63, 3.8) is 0 Å². The third kappa shape index (κ3) is 3.82. The van der Waals surface area contributed by atoms with Crippen LogP contribution in [0, 0.1) is 0 Å². The van der Waals surface area contributed by atoms with Gasteiger partial charge >= 0.3 is 0 Å². The number of ether oxygens (including phenoxy) is 1. The number of amides is 1. The number of hydrogen-bond donors (Lipinski definition) is 0. The van der Waals surface area contributed by atoms with Gasteiger partial charge in [0.2, 0.25) is 5.91 Å².